The van der Waals surface area contributed by atoms with E-state index in [0.29, 0.717) is 6.54 Å². The fraction of sp³-hybridized carbons (Fsp3) is 0.357. The van der Waals surface area contributed by atoms with E-state index < -0.39 is 0 Å². The lowest BCUT2D eigenvalue weighted by atomic mass is 10.2. The number of hydrogen-bond donors (Lipinski definition) is 1. The molecule has 0 saturated carbocycles. The predicted octanol–water partition coefficient (Wildman–Crippen LogP) is 0.953. The predicted molar refractivity (Wildman–Crippen MR) is 78.7 cm³/mol. The molecule has 6 nitrogen and oxygen atoms in total. The number of guanidine groups is 1. The van der Waals surface area contributed by atoms with Gasteiger partial charge >= 0.3 is 0 Å². The molecule has 6 heteroatoms. The highest BCUT2D eigenvalue weighted by molar-refractivity contribution is 5.97. The zero-order valence-electron chi connectivity index (χ0n) is 11.7. The molecule has 0 fully saturated rings. The van der Waals surface area contributed by atoms with Crippen molar-refractivity contribution in [1.29, 1.82) is 0 Å². The monoisotopic (exact) mass is 270 g/mol. The standard InChI is InChI=1S/C14H18N6/c1-15-14(16-9-13-18-17-10-19(13)2)20-8-7-11-5-3-4-6-12(11)20/h3-6,10H,7-9H2,1-2H3,(H,15,16). The summed E-state index contributed by atoms with van der Waals surface area (Å²) < 4.78 is 1.90. The van der Waals surface area contributed by atoms with E-state index in [1.54, 1.807) is 13.4 Å². The van der Waals surface area contributed by atoms with Gasteiger partial charge in [0.2, 0.25) is 0 Å². The average molecular weight is 270 g/mol. The molecule has 3 rings (SSSR count). The molecule has 1 aliphatic heterocycles. The molecule has 2 heterocycles. The Balaban J connectivity index is 1.74. The first kappa shape index (κ1) is 12.7. The molecule has 104 valence electrons. The van der Waals surface area contributed by atoms with Gasteiger partial charge in [0.05, 0.1) is 6.54 Å². The van der Waals surface area contributed by atoms with Crippen LogP contribution in [0.4, 0.5) is 5.69 Å². The molecule has 1 aromatic heterocycles. The van der Waals surface area contributed by atoms with E-state index in [9.17, 15) is 0 Å². The summed E-state index contributed by atoms with van der Waals surface area (Å²) in [7, 11) is 3.74. The Labute approximate surface area is 118 Å². The minimum Gasteiger partial charge on any atom is -0.349 e. The van der Waals surface area contributed by atoms with Gasteiger partial charge in [0.1, 0.15) is 6.33 Å². The van der Waals surface area contributed by atoms with E-state index in [1.165, 1.54) is 11.3 Å². The third kappa shape index (κ3) is 2.24. The Bertz CT molecular complexity index is 630. The Morgan fingerprint density at radius 1 is 1.40 bits per heavy atom. The average Bonchev–Trinajstić information content (AvgIpc) is 3.07. The largest absolute Gasteiger partial charge is 0.349 e. The number of aliphatic imine (C=N–C) groups is 1. The first-order chi connectivity index (χ1) is 9.79. The van der Waals surface area contributed by atoms with E-state index in [4.69, 9.17) is 0 Å². The van der Waals surface area contributed by atoms with Gasteiger partial charge in [0.15, 0.2) is 11.8 Å². The fourth-order valence-electron chi connectivity index (χ4n) is 2.48. The minimum atomic E-state index is 0.613. The second kappa shape index (κ2) is 5.32. The number of anilines is 1. The zero-order chi connectivity index (χ0) is 13.9. The third-order valence-electron chi connectivity index (χ3n) is 3.56. The highest BCUT2D eigenvalue weighted by Gasteiger charge is 2.22. The van der Waals surface area contributed by atoms with Crippen LogP contribution in [-0.2, 0) is 20.0 Å². The zero-order valence-corrected chi connectivity index (χ0v) is 11.7. The van der Waals surface area contributed by atoms with Crippen molar-refractivity contribution >= 4 is 11.6 Å². The van der Waals surface area contributed by atoms with Crippen molar-refractivity contribution in [2.75, 3.05) is 18.5 Å². The maximum Gasteiger partial charge on any atom is 0.198 e. The van der Waals surface area contributed by atoms with Crippen LogP contribution in [0.15, 0.2) is 35.6 Å². The molecule has 0 amide bonds. The topological polar surface area (TPSA) is 58.3 Å². The molecule has 1 aliphatic rings. The fourth-order valence-corrected chi connectivity index (χ4v) is 2.48. The van der Waals surface area contributed by atoms with Crippen molar-refractivity contribution in [3.05, 3.63) is 42.0 Å². The summed E-state index contributed by atoms with van der Waals surface area (Å²) in [4.78, 5) is 6.59. The second-order valence-corrected chi connectivity index (χ2v) is 4.79. The number of fused-ring (bicyclic) bond motifs is 1. The Hall–Kier alpha value is -2.37. The molecule has 1 aromatic carbocycles. The highest BCUT2D eigenvalue weighted by atomic mass is 15.3. The van der Waals surface area contributed by atoms with Crippen LogP contribution in [-0.4, -0.2) is 34.3 Å². The summed E-state index contributed by atoms with van der Waals surface area (Å²) in [5.74, 6) is 1.76. The lowest BCUT2D eigenvalue weighted by Gasteiger charge is -2.22. The third-order valence-corrected chi connectivity index (χ3v) is 3.56. The molecule has 0 saturated heterocycles. The van der Waals surface area contributed by atoms with Crippen LogP contribution in [0.5, 0.6) is 0 Å². The van der Waals surface area contributed by atoms with Crippen molar-refractivity contribution < 1.29 is 0 Å². The van der Waals surface area contributed by atoms with Crippen LogP contribution in [0.25, 0.3) is 0 Å². The Kier molecular flexibility index (Phi) is 3.37. The van der Waals surface area contributed by atoms with Crippen LogP contribution in [0, 0.1) is 0 Å². The van der Waals surface area contributed by atoms with Gasteiger partial charge in [-0.1, -0.05) is 18.2 Å². The van der Waals surface area contributed by atoms with Crippen LogP contribution >= 0.6 is 0 Å². The number of para-hydroxylation sites is 1. The maximum absolute atomic E-state index is 4.37. The van der Waals surface area contributed by atoms with E-state index in [0.717, 1.165) is 24.7 Å². The van der Waals surface area contributed by atoms with Crippen LogP contribution in [0.3, 0.4) is 0 Å². The summed E-state index contributed by atoms with van der Waals surface area (Å²) >= 11 is 0. The summed E-state index contributed by atoms with van der Waals surface area (Å²) in [5.41, 5.74) is 2.60. The van der Waals surface area contributed by atoms with E-state index in [2.05, 4.69) is 49.7 Å². The molecular formula is C14H18N6. The smallest absolute Gasteiger partial charge is 0.198 e. The Morgan fingerprint density at radius 2 is 2.25 bits per heavy atom. The molecule has 0 atom stereocenters. The molecule has 2 aromatic rings. The Morgan fingerprint density at radius 3 is 3.00 bits per heavy atom. The summed E-state index contributed by atoms with van der Waals surface area (Å²) in [6.07, 6.45) is 2.76. The first-order valence-electron chi connectivity index (χ1n) is 6.68. The number of rotatable bonds is 2. The first-order valence-corrected chi connectivity index (χ1v) is 6.68. The van der Waals surface area contributed by atoms with Gasteiger partial charge in [-0.2, -0.15) is 0 Å². The van der Waals surface area contributed by atoms with E-state index in [-0.39, 0.29) is 0 Å². The van der Waals surface area contributed by atoms with E-state index in [1.807, 2.05) is 11.6 Å². The van der Waals surface area contributed by atoms with E-state index >= 15 is 0 Å². The summed E-state index contributed by atoms with van der Waals surface area (Å²) in [6, 6.07) is 8.45. The maximum atomic E-state index is 4.37. The number of nitrogens with one attached hydrogen (secondary N) is 1. The van der Waals surface area contributed by atoms with Crippen molar-refractivity contribution in [2.45, 2.75) is 13.0 Å². The van der Waals surface area contributed by atoms with Gasteiger partial charge in [-0.15, -0.1) is 10.2 Å². The second-order valence-electron chi connectivity index (χ2n) is 4.79. The van der Waals surface area contributed by atoms with Crippen molar-refractivity contribution in [3.63, 3.8) is 0 Å². The van der Waals surface area contributed by atoms with Gasteiger partial charge < -0.3 is 14.8 Å². The van der Waals surface area contributed by atoms with Gasteiger partial charge in [0.25, 0.3) is 0 Å². The van der Waals surface area contributed by atoms with Crippen LogP contribution in [0.2, 0.25) is 0 Å². The SMILES string of the molecule is CN=C(NCc1nncn1C)N1CCc2ccccc21. The molecular weight excluding hydrogens is 252 g/mol. The number of benzene rings is 1. The number of nitrogens with zero attached hydrogens (tertiary/aromatic N) is 5. The lowest BCUT2D eigenvalue weighted by Crippen LogP contribution is -2.40. The van der Waals surface area contributed by atoms with Crippen LogP contribution < -0.4 is 10.2 Å². The quantitative estimate of drug-likeness (QED) is 0.652. The number of aromatic nitrogens is 3. The molecule has 0 bridgehead atoms. The van der Waals surface area contributed by atoms with Crippen molar-refractivity contribution in [2.24, 2.45) is 12.0 Å². The normalized spacial score (nSPS) is 14.5. The molecule has 0 radical (unpaired) electrons. The van der Waals surface area contributed by atoms with Crippen molar-refractivity contribution in [1.82, 2.24) is 20.1 Å². The number of hydrogen-bond acceptors (Lipinski definition) is 3. The lowest BCUT2D eigenvalue weighted by molar-refractivity contribution is 0.739. The highest BCUT2D eigenvalue weighted by Crippen LogP contribution is 2.27. The summed E-state index contributed by atoms with van der Waals surface area (Å²) in [5, 5.41) is 11.3. The van der Waals surface area contributed by atoms with Gasteiger partial charge in [-0.25, -0.2) is 0 Å². The van der Waals surface area contributed by atoms with Gasteiger partial charge in [-0.05, 0) is 18.1 Å². The number of aryl methyl sites for hydroxylation is 1. The van der Waals surface area contributed by atoms with Gasteiger partial charge in [0, 0.05) is 26.3 Å². The molecule has 20 heavy (non-hydrogen) atoms. The molecule has 0 spiro atoms. The minimum absolute atomic E-state index is 0.613. The van der Waals surface area contributed by atoms with Crippen molar-refractivity contribution in [3.8, 4) is 0 Å². The van der Waals surface area contributed by atoms with Gasteiger partial charge in [-0.3, -0.25) is 4.99 Å². The van der Waals surface area contributed by atoms with Crippen LogP contribution in [0.1, 0.15) is 11.4 Å². The summed E-state index contributed by atoms with van der Waals surface area (Å²) in [6.45, 7) is 1.57. The molecule has 1 N–H and O–H groups in total. The molecule has 0 aliphatic carbocycles. The molecule has 0 unspecified atom stereocenters.